The Balaban J connectivity index is 2.05. The molecule has 1 fully saturated rings. The second kappa shape index (κ2) is 6.31. The first-order valence-corrected chi connectivity index (χ1v) is 9.19. The molecule has 2 rings (SSSR count). The van der Waals surface area contributed by atoms with Crippen molar-refractivity contribution < 1.29 is 13.2 Å². The molecule has 2 heterocycles. The Morgan fingerprint density at radius 1 is 1.41 bits per heavy atom. The number of rotatable bonds is 5. The van der Waals surface area contributed by atoms with Crippen molar-refractivity contribution >= 4 is 15.7 Å². The van der Waals surface area contributed by atoms with Crippen LogP contribution in [-0.4, -0.2) is 63.5 Å². The minimum Gasteiger partial charge on any atom is -0.338 e. The van der Waals surface area contributed by atoms with Crippen LogP contribution in [0.3, 0.4) is 0 Å². The van der Waals surface area contributed by atoms with Crippen LogP contribution in [0.5, 0.6) is 0 Å². The van der Waals surface area contributed by atoms with E-state index < -0.39 is 9.84 Å². The predicted octanol–water partition coefficient (Wildman–Crippen LogP) is 0.125. The molecule has 0 bridgehead atoms. The molecule has 22 heavy (non-hydrogen) atoms. The van der Waals surface area contributed by atoms with Crippen LogP contribution in [0.1, 0.15) is 33.6 Å². The molecular formula is C13H23N5O3S. The first-order valence-electron chi connectivity index (χ1n) is 7.37. The van der Waals surface area contributed by atoms with Gasteiger partial charge in [0.25, 0.3) is 0 Å². The van der Waals surface area contributed by atoms with Gasteiger partial charge in [-0.05, 0) is 22.3 Å². The summed E-state index contributed by atoms with van der Waals surface area (Å²) in [6.45, 7) is 7.06. The molecule has 1 aromatic rings. The summed E-state index contributed by atoms with van der Waals surface area (Å²) >= 11 is 0. The van der Waals surface area contributed by atoms with Gasteiger partial charge in [-0.25, -0.2) is 13.1 Å². The Hall–Kier alpha value is -1.51. The number of carbonyl (C=O) groups excluding carboxylic acids is 1. The topological polar surface area (TPSA) is 98.1 Å². The summed E-state index contributed by atoms with van der Waals surface area (Å²) in [4.78, 5) is 14.3. The van der Waals surface area contributed by atoms with E-state index in [1.165, 1.54) is 11.0 Å². The lowest BCUT2D eigenvalue weighted by molar-refractivity contribution is -0.134. The van der Waals surface area contributed by atoms with Gasteiger partial charge < -0.3 is 4.90 Å². The molecule has 0 N–H and O–H groups in total. The van der Waals surface area contributed by atoms with E-state index in [4.69, 9.17) is 0 Å². The van der Waals surface area contributed by atoms with E-state index >= 15 is 0 Å². The van der Waals surface area contributed by atoms with Gasteiger partial charge in [0, 0.05) is 19.0 Å². The van der Waals surface area contributed by atoms with Gasteiger partial charge in [-0.2, -0.15) is 0 Å². The summed E-state index contributed by atoms with van der Waals surface area (Å²) in [6.07, 6.45) is 2.24. The largest absolute Gasteiger partial charge is 0.338 e. The fourth-order valence-corrected chi connectivity index (χ4v) is 4.32. The number of carbonyl (C=O) groups is 1. The minimum absolute atomic E-state index is 0.0486. The fourth-order valence-electron chi connectivity index (χ4n) is 2.59. The van der Waals surface area contributed by atoms with E-state index in [2.05, 4.69) is 15.5 Å². The van der Waals surface area contributed by atoms with Crippen LogP contribution in [0.25, 0.3) is 0 Å². The third-order valence-electron chi connectivity index (χ3n) is 3.56. The van der Waals surface area contributed by atoms with Crippen molar-refractivity contribution in [3.63, 3.8) is 0 Å². The smallest absolute Gasteiger partial charge is 0.224 e. The second-order valence-electron chi connectivity index (χ2n) is 6.96. The molecule has 0 spiro atoms. The monoisotopic (exact) mass is 329 g/mol. The molecule has 1 aliphatic rings. The maximum absolute atomic E-state index is 12.6. The van der Waals surface area contributed by atoms with Gasteiger partial charge in [0.15, 0.2) is 9.84 Å². The third kappa shape index (κ3) is 4.75. The zero-order valence-electron chi connectivity index (χ0n) is 13.3. The Kier molecular flexibility index (Phi) is 4.84. The second-order valence-corrected chi connectivity index (χ2v) is 9.19. The van der Waals surface area contributed by atoms with Gasteiger partial charge in [0.2, 0.25) is 5.91 Å². The van der Waals surface area contributed by atoms with Crippen molar-refractivity contribution in [3.05, 3.63) is 6.33 Å². The number of sulfone groups is 1. The molecule has 1 aromatic heterocycles. The van der Waals surface area contributed by atoms with Gasteiger partial charge in [0.05, 0.1) is 18.1 Å². The molecule has 9 heteroatoms. The van der Waals surface area contributed by atoms with E-state index in [0.29, 0.717) is 19.5 Å². The van der Waals surface area contributed by atoms with E-state index in [1.54, 1.807) is 4.90 Å². The number of nitrogens with zero attached hydrogens (tertiary/aromatic N) is 5. The van der Waals surface area contributed by atoms with Gasteiger partial charge >= 0.3 is 0 Å². The summed E-state index contributed by atoms with van der Waals surface area (Å²) in [5.41, 5.74) is -0.0865. The highest BCUT2D eigenvalue weighted by Crippen LogP contribution is 2.24. The van der Waals surface area contributed by atoms with Crippen LogP contribution in [0.2, 0.25) is 0 Å². The van der Waals surface area contributed by atoms with Crippen molar-refractivity contribution in [1.82, 2.24) is 25.1 Å². The number of aromatic nitrogens is 4. The van der Waals surface area contributed by atoms with Crippen LogP contribution < -0.4 is 0 Å². The van der Waals surface area contributed by atoms with Crippen molar-refractivity contribution in [2.75, 3.05) is 18.1 Å². The first kappa shape index (κ1) is 16.9. The summed E-state index contributed by atoms with van der Waals surface area (Å²) in [7, 11) is -3.02. The molecule has 0 aromatic carbocycles. The van der Waals surface area contributed by atoms with E-state index in [9.17, 15) is 13.2 Å². The minimum atomic E-state index is -3.02. The summed E-state index contributed by atoms with van der Waals surface area (Å²) in [6, 6.07) is -0.217. The van der Waals surface area contributed by atoms with Crippen LogP contribution in [0, 0.1) is 5.41 Å². The molecule has 1 atom stereocenters. The van der Waals surface area contributed by atoms with E-state index in [0.717, 1.165) is 0 Å². The lowest BCUT2D eigenvalue weighted by Crippen LogP contribution is -2.45. The Morgan fingerprint density at radius 3 is 2.64 bits per heavy atom. The standard InChI is InChI=1S/C13H23N5O3S/c1-13(2,3)9-18(11-5-7-22(20,21)8-11)12(19)4-6-17-10-14-15-16-17/h10-11H,4-9H2,1-3H3. The van der Waals surface area contributed by atoms with Gasteiger partial charge in [-0.1, -0.05) is 20.8 Å². The van der Waals surface area contributed by atoms with Crippen LogP contribution >= 0.6 is 0 Å². The van der Waals surface area contributed by atoms with E-state index in [1.807, 2.05) is 20.8 Å². The number of hydrogen-bond acceptors (Lipinski definition) is 6. The molecule has 0 aliphatic carbocycles. The Bertz CT molecular complexity index is 606. The van der Waals surface area contributed by atoms with Crippen LogP contribution in [0.15, 0.2) is 6.33 Å². The average Bonchev–Trinajstić information content (AvgIpc) is 3.01. The summed E-state index contributed by atoms with van der Waals surface area (Å²) in [5.74, 6) is 0.186. The van der Waals surface area contributed by atoms with Gasteiger partial charge in [-0.15, -0.1) is 5.10 Å². The number of aryl methyl sites for hydroxylation is 1. The van der Waals surface area contributed by atoms with Crippen molar-refractivity contribution in [3.8, 4) is 0 Å². The van der Waals surface area contributed by atoms with Crippen molar-refractivity contribution in [2.24, 2.45) is 5.41 Å². The highest BCUT2D eigenvalue weighted by molar-refractivity contribution is 7.91. The van der Waals surface area contributed by atoms with Crippen LogP contribution in [0.4, 0.5) is 0 Å². The van der Waals surface area contributed by atoms with Crippen molar-refractivity contribution in [2.45, 2.75) is 46.2 Å². The zero-order chi connectivity index (χ0) is 16.4. The molecule has 1 aliphatic heterocycles. The fraction of sp³-hybridized carbons (Fsp3) is 0.846. The normalized spacial score (nSPS) is 21.0. The molecule has 1 unspecified atom stereocenters. The predicted molar refractivity (Wildman–Crippen MR) is 80.7 cm³/mol. The average molecular weight is 329 g/mol. The summed E-state index contributed by atoms with van der Waals surface area (Å²) in [5, 5.41) is 10.8. The zero-order valence-corrected chi connectivity index (χ0v) is 14.1. The molecule has 1 saturated heterocycles. The molecular weight excluding hydrogens is 306 g/mol. The first-order chi connectivity index (χ1) is 10.2. The molecule has 124 valence electrons. The third-order valence-corrected chi connectivity index (χ3v) is 5.31. The molecule has 1 amide bonds. The van der Waals surface area contributed by atoms with E-state index in [-0.39, 0.29) is 35.3 Å². The maximum atomic E-state index is 12.6. The van der Waals surface area contributed by atoms with Crippen molar-refractivity contribution in [1.29, 1.82) is 0 Å². The number of amides is 1. The lowest BCUT2D eigenvalue weighted by Gasteiger charge is -2.34. The molecule has 0 radical (unpaired) electrons. The lowest BCUT2D eigenvalue weighted by atomic mass is 9.95. The number of tetrazole rings is 1. The highest BCUT2D eigenvalue weighted by Gasteiger charge is 2.36. The summed E-state index contributed by atoms with van der Waals surface area (Å²) < 4.78 is 24.9. The molecule has 8 nitrogen and oxygen atoms in total. The molecule has 0 saturated carbocycles. The quantitative estimate of drug-likeness (QED) is 0.761. The Morgan fingerprint density at radius 2 is 2.14 bits per heavy atom. The maximum Gasteiger partial charge on any atom is 0.224 e. The van der Waals surface area contributed by atoms with Gasteiger partial charge in [-0.3, -0.25) is 4.79 Å². The Labute approximate surface area is 130 Å². The van der Waals surface area contributed by atoms with Crippen LogP contribution in [-0.2, 0) is 21.2 Å². The highest BCUT2D eigenvalue weighted by atomic mass is 32.2. The SMILES string of the molecule is CC(C)(C)CN(C(=O)CCn1cnnn1)C1CCS(=O)(=O)C1. The van der Waals surface area contributed by atoms with Gasteiger partial charge in [0.1, 0.15) is 6.33 Å². The number of hydrogen-bond donors (Lipinski definition) is 0.